The number of nitrogens with zero attached hydrogens (tertiary/aromatic N) is 4. The monoisotopic (exact) mass is 504 g/mol. The van der Waals surface area contributed by atoms with E-state index < -0.39 is 0 Å². The molecule has 0 spiro atoms. The van der Waals surface area contributed by atoms with Crippen LogP contribution in [-0.4, -0.2) is 44.3 Å². The molecule has 2 N–H and O–H groups in total. The van der Waals surface area contributed by atoms with Crippen LogP contribution < -0.4 is 10.6 Å². The molecule has 0 radical (unpaired) electrons. The Balaban J connectivity index is 1.00. The maximum absolute atomic E-state index is 13.1. The van der Waals surface area contributed by atoms with Gasteiger partial charge in [-0.25, -0.2) is 9.78 Å². The van der Waals surface area contributed by atoms with E-state index in [2.05, 4.69) is 32.7 Å². The predicted molar refractivity (Wildman–Crippen MR) is 147 cm³/mol. The third kappa shape index (κ3) is 5.06. The summed E-state index contributed by atoms with van der Waals surface area (Å²) in [5, 5.41) is 6.82. The molecule has 4 heterocycles. The number of piperidine rings is 1. The molecule has 8 heteroatoms. The molecule has 5 aromatic rings. The number of amides is 3. The number of imidazole rings is 1. The molecule has 190 valence electrons. The molecule has 0 bridgehead atoms. The molecule has 3 aromatic heterocycles. The van der Waals surface area contributed by atoms with Gasteiger partial charge >= 0.3 is 6.03 Å². The lowest BCUT2D eigenvalue weighted by Gasteiger charge is -2.32. The summed E-state index contributed by atoms with van der Waals surface area (Å²) in [6, 6.07) is 21.3. The zero-order chi connectivity index (χ0) is 25.9. The van der Waals surface area contributed by atoms with Crippen molar-refractivity contribution in [2.45, 2.75) is 25.3 Å². The highest BCUT2D eigenvalue weighted by molar-refractivity contribution is 5.97. The average Bonchev–Trinajstić information content (AvgIpc) is 3.44. The van der Waals surface area contributed by atoms with Crippen molar-refractivity contribution >= 4 is 34.2 Å². The van der Waals surface area contributed by atoms with Gasteiger partial charge in [-0.15, -0.1) is 0 Å². The van der Waals surface area contributed by atoms with Crippen LogP contribution >= 0.6 is 0 Å². The molecule has 0 atom stereocenters. The number of aromatic nitrogens is 3. The third-order valence-corrected chi connectivity index (χ3v) is 7.19. The summed E-state index contributed by atoms with van der Waals surface area (Å²) in [5.41, 5.74) is 5.33. The summed E-state index contributed by atoms with van der Waals surface area (Å²) < 4.78 is 1.93. The Kier molecular flexibility index (Phi) is 6.44. The molecular weight excluding hydrogens is 476 g/mol. The van der Waals surface area contributed by atoms with E-state index in [0.29, 0.717) is 18.0 Å². The third-order valence-electron chi connectivity index (χ3n) is 7.19. The Labute approximate surface area is 220 Å². The molecule has 0 saturated carbocycles. The Hall–Kier alpha value is -4.72. The second-order valence-corrected chi connectivity index (χ2v) is 9.63. The minimum absolute atomic E-state index is 0.0614. The van der Waals surface area contributed by atoms with Crippen LogP contribution in [0.2, 0.25) is 0 Å². The number of anilines is 1. The maximum Gasteiger partial charge on any atom is 0.319 e. The molecular formula is C30H28N6O2. The Morgan fingerprint density at radius 1 is 0.895 bits per heavy atom. The van der Waals surface area contributed by atoms with Gasteiger partial charge in [0.1, 0.15) is 5.65 Å². The second kappa shape index (κ2) is 10.3. The van der Waals surface area contributed by atoms with E-state index in [4.69, 9.17) is 0 Å². The van der Waals surface area contributed by atoms with E-state index in [9.17, 15) is 9.59 Å². The topological polar surface area (TPSA) is 91.6 Å². The van der Waals surface area contributed by atoms with Gasteiger partial charge < -0.3 is 19.9 Å². The quantitative estimate of drug-likeness (QED) is 0.343. The number of carbonyl (C=O) groups is 2. The lowest BCUT2D eigenvalue weighted by molar-refractivity contribution is 0.0713. The number of pyridine rings is 2. The van der Waals surface area contributed by atoms with Crippen LogP contribution in [0.1, 0.15) is 40.2 Å². The van der Waals surface area contributed by atoms with E-state index >= 15 is 0 Å². The Bertz CT molecular complexity index is 1600. The lowest BCUT2D eigenvalue weighted by Crippen LogP contribution is -2.37. The number of hydrogen-bond acceptors (Lipinski definition) is 4. The van der Waals surface area contributed by atoms with Crippen LogP contribution in [0.4, 0.5) is 10.5 Å². The Morgan fingerprint density at radius 2 is 1.74 bits per heavy atom. The summed E-state index contributed by atoms with van der Waals surface area (Å²) >= 11 is 0. The molecule has 1 saturated heterocycles. The van der Waals surface area contributed by atoms with Crippen LogP contribution in [0, 0.1) is 0 Å². The number of nitrogens with one attached hydrogen (secondary N) is 2. The zero-order valence-electron chi connectivity index (χ0n) is 20.9. The van der Waals surface area contributed by atoms with E-state index in [-0.39, 0.29) is 11.9 Å². The van der Waals surface area contributed by atoms with Crippen molar-refractivity contribution in [3.63, 3.8) is 0 Å². The highest BCUT2D eigenvalue weighted by Gasteiger charge is 2.25. The smallest absolute Gasteiger partial charge is 0.319 e. The summed E-state index contributed by atoms with van der Waals surface area (Å²) in [7, 11) is 0. The van der Waals surface area contributed by atoms with Gasteiger partial charge in [0.2, 0.25) is 0 Å². The van der Waals surface area contributed by atoms with Gasteiger partial charge in [-0.05, 0) is 72.4 Å². The van der Waals surface area contributed by atoms with Gasteiger partial charge in [0.05, 0.1) is 5.52 Å². The molecule has 1 fully saturated rings. The van der Waals surface area contributed by atoms with Crippen LogP contribution in [0.15, 0.2) is 91.5 Å². The first-order valence-corrected chi connectivity index (χ1v) is 12.8. The number of hydrogen-bond donors (Lipinski definition) is 2. The number of fused-ring (bicyclic) bond motifs is 2. The fourth-order valence-electron chi connectivity index (χ4n) is 5.06. The van der Waals surface area contributed by atoms with Crippen molar-refractivity contribution in [2.24, 2.45) is 0 Å². The predicted octanol–water partition coefficient (Wildman–Crippen LogP) is 5.22. The molecule has 8 nitrogen and oxygen atoms in total. The van der Waals surface area contributed by atoms with Crippen LogP contribution in [-0.2, 0) is 6.54 Å². The van der Waals surface area contributed by atoms with E-state index in [1.54, 1.807) is 12.4 Å². The molecule has 38 heavy (non-hydrogen) atoms. The van der Waals surface area contributed by atoms with Crippen LogP contribution in [0.25, 0.3) is 16.6 Å². The normalized spacial score (nSPS) is 14.1. The minimum atomic E-state index is -0.253. The van der Waals surface area contributed by atoms with Crippen molar-refractivity contribution < 1.29 is 9.59 Å². The SMILES string of the molecule is O=C(NCc1ccn2ccnc2c1)Nc1ccc(C2CCN(C(=O)c3ccc4cccnc4c3)CC2)cc1. The fourth-order valence-corrected chi connectivity index (χ4v) is 5.06. The van der Waals surface area contributed by atoms with Crippen LogP contribution in [0.5, 0.6) is 0 Å². The minimum Gasteiger partial charge on any atom is -0.339 e. The Morgan fingerprint density at radius 3 is 2.58 bits per heavy atom. The molecule has 3 amide bonds. The molecule has 1 aliphatic rings. The first kappa shape index (κ1) is 23.7. The maximum atomic E-state index is 13.1. The number of rotatable bonds is 5. The fraction of sp³-hybridized carbons (Fsp3) is 0.200. The largest absolute Gasteiger partial charge is 0.339 e. The summed E-state index contributed by atoms with van der Waals surface area (Å²) in [5.74, 6) is 0.448. The molecule has 0 aliphatic carbocycles. The van der Waals surface area contributed by atoms with Crippen LogP contribution in [0.3, 0.4) is 0 Å². The number of carbonyl (C=O) groups excluding carboxylic acids is 2. The van der Waals surface area contributed by atoms with Crippen molar-refractivity contribution in [1.29, 1.82) is 0 Å². The first-order chi connectivity index (χ1) is 18.6. The van der Waals surface area contributed by atoms with Gasteiger partial charge in [0.15, 0.2) is 0 Å². The van der Waals surface area contributed by atoms with Gasteiger partial charge in [-0.2, -0.15) is 0 Å². The summed E-state index contributed by atoms with van der Waals surface area (Å²) in [6.45, 7) is 1.85. The van der Waals surface area contributed by atoms with Crippen molar-refractivity contribution in [3.8, 4) is 0 Å². The van der Waals surface area contributed by atoms with Crippen molar-refractivity contribution in [3.05, 3.63) is 108 Å². The van der Waals surface area contributed by atoms with Gasteiger partial charge in [0, 0.05) is 61.1 Å². The number of urea groups is 1. The molecule has 1 aliphatic heterocycles. The first-order valence-electron chi connectivity index (χ1n) is 12.8. The highest BCUT2D eigenvalue weighted by atomic mass is 16.2. The average molecular weight is 505 g/mol. The highest BCUT2D eigenvalue weighted by Crippen LogP contribution is 2.29. The number of likely N-dealkylation sites (tertiary alicyclic amines) is 1. The molecule has 2 aromatic carbocycles. The van der Waals surface area contributed by atoms with E-state index in [1.165, 1.54) is 5.56 Å². The van der Waals surface area contributed by atoms with E-state index in [0.717, 1.165) is 53.7 Å². The summed E-state index contributed by atoms with van der Waals surface area (Å²) in [4.78, 5) is 36.0. The second-order valence-electron chi connectivity index (χ2n) is 9.63. The lowest BCUT2D eigenvalue weighted by atomic mass is 9.89. The van der Waals surface area contributed by atoms with Gasteiger partial charge in [-0.3, -0.25) is 9.78 Å². The molecule has 6 rings (SSSR count). The van der Waals surface area contributed by atoms with E-state index in [1.807, 2.05) is 76.3 Å². The summed E-state index contributed by atoms with van der Waals surface area (Å²) in [6.07, 6.45) is 9.12. The zero-order valence-corrected chi connectivity index (χ0v) is 20.9. The standard InChI is InChI=1S/C30H28N6O2/c37-29(25-4-3-24-2-1-12-31-27(24)19-25)36-15-10-23(11-16-36)22-5-7-26(8-6-22)34-30(38)33-20-21-9-14-35-17-13-32-28(35)18-21/h1-9,12-14,17-19,23H,10-11,15-16,20H2,(H2,33,34,38). The van der Waals surface area contributed by atoms with Crippen molar-refractivity contribution in [1.82, 2.24) is 24.6 Å². The molecule has 0 unspecified atom stereocenters. The number of benzene rings is 2. The van der Waals surface area contributed by atoms with Gasteiger partial charge in [0.25, 0.3) is 5.91 Å². The van der Waals surface area contributed by atoms with Crippen molar-refractivity contribution in [2.75, 3.05) is 18.4 Å². The van der Waals surface area contributed by atoms with Gasteiger partial charge in [-0.1, -0.05) is 24.3 Å².